The third-order valence-electron chi connectivity index (χ3n) is 6.64. The quantitative estimate of drug-likeness (QED) is 0.286. The molecule has 1 N–H and O–H groups in total. The van der Waals surface area contributed by atoms with Crippen LogP contribution in [0.15, 0.2) is 30.5 Å². The first kappa shape index (κ1) is 30.9. The first-order chi connectivity index (χ1) is 17.9. The van der Waals surface area contributed by atoms with Crippen molar-refractivity contribution >= 4 is 18.2 Å². The van der Waals surface area contributed by atoms with Crippen molar-refractivity contribution in [3.05, 3.63) is 53.1 Å². The average molecular weight is 531 g/mol. The number of methoxy groups -OCH3 is 1. The number of carbonyl (C=O) groups is 3. The second-order valence-electron chi connectivity index (χ2n) is 10.2. The Morgan fingerprint density at radius 3 is 2.42 bits per heavy atom. The molecule has 4 atom stereocenters. The normalized spacial score (nSPS) is 15.2. The van der Waals surface area contributed by atoms with E-state index in [4.69, 9.17) is 14.2 Å². The molecule has 0 bridgehead atoms. The molecule has 1 heterocycles. The number of carbonyl (C=O) groups excluding carboxylic acids is 3. The van der Waals surface area contributed by atoms with Crippen molar-refractivity contribution < 1.29 is 33.0 Å². The molecular formula is C29H39FN2O6. The molecule has 0 fully saturated rings. The van der Waals surface area contributed by atoms with Crippen LogP contribution in [0.25, 0.3) is 0 Å². The van der Waals surface area contributed by atoms with Gasteiger partial charge in [0.1, 0.15) is 17.6 Å². The van der Waals surface area contributed by atoms with Crippen LogP contribution in [0, 0.1) is 24.6 Å². The number of halogens is 1. The highest BCUT2D eigenvalue weighted by molar-refractivity contribution is 5.98. The summed E-state index contributed by atoms with van der Waals surface area (Å²) < 4.78 is 30.5. The van der Waals surface area contributed by atoms with Crippen LogP contribution in [0.4, 0.5) is 4.39 Å². The number of pyridine rings is 1. The zero-order valence-electron chi connectivity index (χ0n) is 23.5. The van der Waals surface area contributed by atoms with E-state index in [1.807, 2.05) is 34.6 Å². The van der Waals surface area contributed by atoms with E-state index in [1.54, 1.807) is 13.0 Å². The lowest BCUT2D eigenvalue weighted by atomic mass is 9.82. The van der Waals surface area contributed by atoms with Crippen molar-refractivity contribution in [1.29, 1.82) is 0 Å². The van der Waals surface area contributed by atoms with E-state index in [0.29, 0.717) is 12.7 Å². The maximum absolute atomic E-state index is 13.7. The minimum absolute atomic E-state index is 0.0752. The molecule has 1 amide bonds. The molecule has 1 aromatic carbocycles. The van der Waals surface area contributed by atoms with Crippen LogP contribution in [-0.2, 0) is 14.3 Å². The van der Waals surface area contributed by atoms with Gasteiger partial charge in [-0.15, -0.1) is 0 Å². The van der Waals surface area contributed by atoms with Crippen LogP contribution in [0.3, 0.4) is 0 Å². The summed E-state index contributed by atoms with van der Waals surface area (Å²) in [6.45, 7) is 12.8. The summed E-state index contributed by atoms with van der Waals surface area (Å²) in [6, 6.07) is 6.14. The van der Waals surface area contributed by atoms with Crippen LogP contribution < -0.4 is 14.8 Å². The maximum Gasteiger partial charge on any atom is 0.314 e. The highest BCUT2D eigenvalue weighted by Crippen LogP contribution is 2.33. The number of amides is 1. The number of aryl methyl sites for hydroxylation is 1. The summed E-state index contributed by atoms with van der Waals surface area (Å²) in [4.78, 5) is 41.9. The summed E-state index contributed by atoms with van der Waals surface area (Å²) in [7, 11) is 1.39. The van der Waals surface area contributed by atoms with Gasteiger partial charge in [0.2, 0.25) is 5.75 Å². The van der Waals surface area contributed by atoms with E-state index in [0.717, 1.165) is 11.1 Å². The Balaban J connectivity index is 2.25. The highest BCUT2D eigenvalue weighted by atomic mass is 19.1. The summed E-state index contributed by atoms with van der Waals surface area (Å²) in [6.07, 6.45) is 2.15. The fraction of sp³-hybridized carbons (Fsp3) is 0.517. The lowest BCUT2D eigenvalue weighted by Crippen LogP contribution is -2.52. The molecule has 2 aromatic rings. The molecule has 38 heavy (non-hydrogen) atoms. The van der Waals surface area contributed by atoms with Crippen molar-refractivity contribution in [1.82, 2.24) is 10.3 Å². The van der Waals surface area contributed by atoms with Crippen molar-refractivity contribution in [3.8, 4) is 11.5 Å². The van der Waals surface area contributed by atoms with E-state index in [-0.39, 0.29) is 47.6 Å². The van der Waals surface area contributed by atoms with Gasteiger partial charge < -0.3 is 24.3 Å². The number of nitrogens with zero attached hydrogens (tertiary/aromatic N) is 1. The van der Waals surface area contributed by atoms with Crippen LogP contribution >= 0.6 is 0 Å². The Hall–Kier alpha value is -3.33. The summed E-state index contributed by atoms with van der Waals surface area (Å²) in [5, 5.41) is 2.66. The van der Waals surface area contributed by atoms with E-state index in [2.05, 4.69) is 10.3 Å². The second-order valence-corrected chi connectivity index (χ2v) is 10.2. The van der Waals surface area contributed by atoms with Gasteiger partial charge in [-0.3, -0.25) is 9.59 Å². The monoisotopic (exact) mass is 530 g/mol. The third kappa shape index (κ3) is 7.60. The van der Waals surface area contributed by atoms with Gasteiger partial charge in [-0.05, 0) is 56.4 Å². The minimum Gasteiger partial charge on any atom is -0.493 e. The number of hydrogen-bond acceptors (Lipinski definition) is 7. The summed E-state index contributed by atoms with van der Waals surface area (Å²) in [5.41, 5.74) is 0.172. The Morgan fingerprint density at radius 2 is 1.87 bits per heavy atom. The topological polar surface area (TPSA) is 104 Å². The SMILES string of the molecule is CCC(C)C(=O)Oc1c(OC)ccnc1C(=O)N[C@@](C)(C=O)CO[C@@H](C)[C@H](c1ccc(F)cc1C)C(C)C. The van der Waals surface area contributed by atoms with Gasteiger partial charge in [0, 0.05) is 18.2 Å². The summed E-state index contributed by atoms with van der Waals surface area (Å²) >= 11 is 0. The van der Waals surface area contributed by atoms with Gasteiger partial charge in [0.15, 0.2) is 11.4 Å². The fourth-order valence-corrected chi connectivity index (χ4v) is 4.21. The molecule has 0 radical (unpaired) electrons. The molecule has 1 unspecified atom stereocenters. The predicted octanol–water partition coefficient (Wildman–Crippen LogP) is 5.02. The van der Waals surface area contributed by atoms with Gasteiger partial charge in [-0.25, -0.2) is 9.37 Å². The number of aromatic nitrogens is 1. The molecule has 9 heteroatoms. The fourth-order valence-electron chi connectivity index (χ4n) is 4.21. The number of aldehydes is 1. The van der Waals surface area contributed by atoms with Gasteiger partial charge in [-0.2, -0.15) is 0 Å². The van der Waals surface area contributed by atoms with Gasteiger partial charge in [0.25, 0.3) is 5.91 Å². The molecule has 208 valence electrons. The lowest BCUT2D eigenvalue weighted by molar-refractivity contribution is -0.138. The van der Waals surface area contributed by atoms with Gasteiger partial charge in [0.05, 0.1) is 25.7 Å². The van der Waals surface area contributed by atoms with E-state index in [1.165, 1.54) is 38.4 Å². The molecule has 0 saturated heterocycles. The Morgan fingerprint density at radius 1 is 1.18 bits per heavy atom. The number of nitrogens with one attached hydrogen (secondary N) is 1. The molecule has 0 saturated carbocycles. The first-order valence-electron chi connectivity index (χ1n) is 12.8. The van der Waals surface area contributed by atoms with Crippen LogP contribution in [0.2, 0.25) is 0 Å². The minimum atomic E-state index is -1.41. The molecule has 1 aromatic heterocycles. The van der Waals surface area contributed by atoms with Gasteiger partial charge in [-0.1, -0.05) is 33.8 Å². The lowest BCUT2D eigenvalue weighted by Gasteiger charge is -2.32. The average Bonchev–Trinajstić information content (AvgIpc) is 2.88. The Bertz CT molecular complexity index is 1140. The van der Waals surface area contributed by atoms with Crippen LogP contribution in [-0.4, -0.2) is 48.5 Å². The Labute approximate surface area is 224 Å². The first-order valence-corrected chi connectivity index (χ1v) is 12.8. The van der Waals surface area contributed by atoms with Crippen molar-refractivity contribution in [2.45, 2.75) is 72.4 Å². The zero-order valence-corrected chi connectivity index (χ0v) is 23.5. The number of benzene rings is 1. The number of esters is 1. The molecule has 8 nitrogen and oxygen atoms in total. The second kappa shape index (κ2) is 13.5. The zero-order chi connectivity index (χ0) is 28.6. The third-order valence-corrected chi connectivity index (χ3v) is 6.64. The predicted molar refractivity (Wildman–Crippen MR) is 142 cm³/mol. The molecule has 0 spiro atoms. The number of rotatable bonds is 13. The number of hydrogen-bond donors (Lipinski definition) is 1. The van der Waals surface area contributed by atoms with Crippen molar-refractivity contribution in [3.63, 3.8) is 0 Å². The van der Waals surface area contributed by atoms with Crippen molar-refractivity contribution in [2.24, 2.45) is 11.8 Å². The van der Waals surface area contributed by atoms with E-state index >= 15 is 0 Å². The molecule has 0 aliphatic heterocycles. The summed E-state index contributed by atoms with van der Waals surface area (Å²) in [5.74, 6) is -1.83. The maximum atomic E-state index is 13.7. The highest BCUT2D eigenvalue weighted by Gasteiger charge is 2.33. The molecule has 2 rings (SSSR count). The van der Waals surface area contributed by atoms with Gasteiger partial charge >= 0.3 is 5.97 Å². The standard InChI is InChI=1S/C29H39FN2O6/c1-9-18(4)28(35)38-26-23(36-8)12-13-31-25(26)27(34)32-29(7,15-33)16-37-20(6)24(17(2)3)22-11-10-21(30)14-19(22)5/h10-15,17-18,20,24H,9,16H2,1-8H3,(H,32,34)/t18?,20-,24+,29-/m0/s1. The van der Waals surface area contributed by atoms with E-state index < -0.39 is 23.3 Å². The number of ether oxygens (including phenoxy) is 3. The largest absolute Gasteiger partial charge is 0.493 e. The molecular weight excluding hydrogens is 491 g/mol. The smallest absolute Gasteiger partial charge is 0.314 e. The Kier molecular flexibility index (Phi) is 10.9. The van der Waals surface area contributed by atoms with E-state index in [9.17, 15) is 18.8 Å². The molecule has 0 aliphatic carbocycles. The van der Waals surface area contributed by atoms with Crippen LogP contribution in [0.1, 0.15) is 75.5 Å². The van der Waals surface area contributed by atoms with Crippen LogP contribution in [0.5, 0.6) is 11.5 Å². The van der Waals surface area contributed by atoms with Crippen molar-refractivity contribution in [2.75, 3.05) is 13.7 Å². The molecule has 0 aliphatic rings.